The van der Waals surface area contributed by atoms with Gasteiger partial charge in [0.1, 0.15) is 5.82 Å². The van der Waals surface area contributed by atoms with Crippen LogP contribution in [0.4, 0.5) is 10.1 Å². The highest BCUT2D eigenvalue weighted by atomic mass is 19.1. The van der Waals surface area contributed by atoms with Crippen LogP contribution < -0.4 is 10.2 Å². The van der Waals surface area contributed by atoms with Crippen molar-refractivity contribution in [2.45, 2.75) is 32.2 Å². The molecule has 0 aromatic heterocycles. The first-order valence-electron chi connectivity index (χ1n) is 6.85. The molecule has 3 rings (SSSR count). The zero-order valence-corrected chi connectivity index (χ0v) is 11.2. The van der Waals surface area contributed by atoms with Crippen molar-refractivity contribution in [3.05, 3.63) is 29.6 Å². The van der Waals surface area contributed by atoms with Crippen LogP contribution in [-0.4, -0.2) is 25.2 Å². The van der Waals surface area contributed by atoms with Crippen LogP contribution in [0.15, 0.2) is 18.2 Å². The highest BCUT2D eigenvalue weighted by molar-refractivity contribution is 5.55. The number of para-hydroxylation sites is 1. The van der Waals surface area contributed by atoms with Gasteiger partial charge in [-0.3, -0.25) is 0 Å². The summed E-state index contributed by atoms with van der Waals surface area (Å²) < 4.78 is 14.0. The Kier molecular flexibility index (Phi) is 2.81. The van der Waals surface area contributed by atoms with Gasteiger partial charge in [-0.15, -0.1) is 0 Å². The Bertz CT molecular complexity index is 436. The Labute approximate surface area is 108 Å². The molecule has 2 fully saturated rings. The van der Waals surface area contributed by atoms with Gasteiger partial charge in [-0.25, -0.2) is 4.39 Å². The second-order valence-corrected chi connectivity index (χ2v) is 5.95. The second kappa shape index (κ2) is 4.23. The van der Waals surface area contributed by atoms with E-state index in [1.54, 1.807) is 12.1 Å². The van der Waals surface area contributed by atoms with E-state index in [9.17, 15) is 4.39 Å². The van der Waals surface area contributed by atoms with E-state index in [1.165, 1.54) is 12.8 Å². The Hall–Kier alpha value is -1.09. The molecule has 0 amide bonds. The molecular formula is C15H21FN2. The number of benzene rings is 1. The third kappa shape index (κ3) is 2.01. The summed E-state index contributed by atoms with van der Waals surface area (Å²) in [4.78, 5) is 2.22. The van der Waals surface area contributed by atoms with Crippen molar-refractivity contribution in [1.29, 1.82) is 0 Å². The summed E-state index contributed by atoms with van der Waals surface area (Å²) in [6, 6.07) is 5.35. The van der Waals surface area contributed by atoms with E-state index in [4.69, 9.17) is 0 Å². The minimum Gasteiger partial charge on any atom is -0.366 e. The molecule has 18 heavy (non-hydrogen) atoms. The van der Waals surface area contributed by atoms with Crippen molar-refractivity contribution in [1.82, 2.24) is 5.32 Å². The molecule has 0 radical (unpaired) electrons. The van der Waals surface area contributed by atoms with Crippen molar-refractivity contribution in [3.8, 4) is 0 Å². The minimum atomic E-state index is -0.0879. The normalized spacial score (nSPS) is 28.5. The van der Waals surface area contributed by atoms with Crippen LogP contribution in [0.3, 0.4) is 0 Å². The van der Waals surface area contributed by atoms with Gasteiger partial charge in [0.05, 0.1) is 5.69 Å². The standard InChI is InChI=1S/C15H21FN2/c1-11-4-3-5-13(16)14(11)18-9-8-17-15(2,10-18)12-6-7-12/h3-5,12,17H,6-10H2,1-2H3. The Morgan fingerprint density at radius 1 is 1.39 bits per heavy atom. The van der Waals surface area contributed by atoms with Gasteiger partial charge in [0.2, 0.25) is 0 Å². The average molecular weight is 248 g/mol. The van der Waals surface area contributed by atoms with Crippen molar-refractivity contribution >= 4 is 5.69 Å². The lowest BCUT2D eigenvalue weighted by Gasteiger charge is -2.43. The van der Waals surface area contributed by atoms with E-state index in [-0.39, 0.29) is 11.4 Å². The number of anilines is 1. The number of nitrogens with one attached hydrogen (secondary N) is 1. The highest BCUT2D eigenvalue weighted by Crippen LogP contribution is 2.41. The first-order valence-corrected chi connectivity index (χ1v) is 6.85. The molecule has 1 aliphatic heterocycles. The highest BCUT2D eigenvalue weighted by Gasteiger charge is 2.44. The Balaban J connectivity index is 1.88. The third-order valence-corrected chi connectivity index (χ3v) is 4.41. The molecule has 1 N–H and O–H groups in total. The SMILES string of the molecule is Cc1cccc(F)c1N1CCNC(C)(C2CC2)C1. The summed E-state index contributed by atoms with van der Waals surface area (Å²) >= 11 is 0. The molecule has 1 atom stereocenters. The lowest BCUT2D eigenvalue weighted by Crippen LogP contribution is -2.60. The maximum absolute atomic E-state index is 14.0. The topological polar surface area (TPSA) is 15.3 Å². The average Bonchev–Trinajstić information content (AvgIpc) is 3.13. The van der Waals surface area contributed by atoms with E-state index >= 15 is 0 Å². The lowest BCUT2D eigenvalue weighted by molar-refractivity contribution is 0.284. The van der Waals surface area contributed by atoms with Gasteiger partial charge in [-0.1, -0.05) is 12.1 Å². The summed E-state index contributed by atoms with van der Waals surface area (Å²) in [5.41, 5.74) is 1.99. The summed E-state index contributed by atoms with van der Waals surface area (Å²) in [6.45, 7) is 7.03. The number of aryl methyl sites for hydroxylation is 1. The van der Waals surface area contributed by atoms with Gasteiger partial charge in [-0.05, 0) is 44.2 Å². The molecule has 2 nitrogen and oxygen atoms in total. The van der Waals surface area contributed by atoms with Gasteiger partial charge in [0, 0.05) is 25.2 Å². The number of hydrogen-bond acceptors (Lipinski definition) is 2. The smallest absolute Gasteiger partial charge is 0.146 e. The Morgan fingerprint density at radius 2 is 2.17 bits per heavy atom. The van der Waals surface area contributed by atoms with Gasteiger partial charge < -0.3 is 10.2 Å². The molecule has 2 aliphatic rings. The van der Waals surface area contributed by atoms with Gasteiger partial charge in [-0.2, -0.15) is 0 Å². The van der Waals surface area contributed by atoms with E-state index < -0.39 is 0 Å². The molecule has 1 aromatic carbocycles. The van der Waals surface area contributed by atoms with Gasteiger partial charge in [0.15, 0.2) is 0 Å². The monoisotopic (exact) mass is 248 g/mol. The van der Waals surface area contributed by atoms with E-state index in [2.05, 4.69) is 17.1 Å². The van der Waals surface area contributed by atoms with E-state index in [1.807, 2.05) is 13.0 Å². The van der Waals surface area contributed by atoms with Crippen LogP contribution in [-0.2, 0) is 0 Å². The van der Waals surface area contributed by atoms with Crippen LogP contribution in [0, 0.1) is 18.7 Å². The zero-order valence-electron chi connectivity index (χ0n) is 11.2. The molecule has 1 heterocycles. The fourth-order valence-electron chi connectivity index (χ4n) is 3.22. The third-order valence-electron chi connectivity index (χ3n) is 4.41. The quantitative estimate of drug-likeness (QED) is 0.865. The maximum Gasteiger partial charge on any atom is 0.146 e. The van der Waals surface area contributed by atoms with Gasteiger partial charge >= 0.3 is 0 Å². The first-order chi connectivity index (χ1) is 8.60. The summed E-state index contributed by atoms with van der Waals surface area (Å²) in [5.74, 6) is 0.683. The molecule has 1 unspecified atom stereocenters. The second-order valence-electron chi connectivity index (χ2n) is 5.95. The predicted molar refractivity (Wildman–Crippen MR) is 72.5 cm³/mol. The van der Waals surface area contributed by atoms with Crippen LogP contribution >= 0.6 is 0 Å². The number of nitrogens with zero attached hydrogens (tertiary/aromatic N) is 1. The summed E-state index contributed by atoms with van der Waals surface area (Å²) in [5, 5.41) is 3.63. The molecule has 1 aliphatic carbocycles. The van der Waals surface area contributed by atoms with Crippen molar-refractivity contribution in [3.63, 3.8) is 0 Å². The van der Waals surface area contributed by atoms with Crippen molar-refractivity contribution in [2.24, 2.45) is 5.92 Å². The van der Waals surface area contributed by atoms with Crippen LogP contribution in [0.2, 0.25) is 0 Å². The number of halogens is 1. The molecule has 1 saturated carbocycles. The van der Waals surface area contributed by atoms with Gasteiger partial charge in [0.25, 0.3) is 0 Å². The van der Waals surface area contributed by atoms with Crippen LogP contribution in [0.25, 0.3) is 0 Å². The van der Waals surface area contributed by atoms with E-state index in [0.717, 1.165) is 36.8 Å². The van der Waals surface area contributed by atoms with E-state index in [0.29, 0.717) is 0 Å². The summed E-state index contributed by atoms with van der Waals surface area (Å²) in [6.07, 6.45) is 2.63. The number of rotatable bonds is 2. The maximum atomic E-state index is 14.0. The molecule has 3 heteroatoms. The number of piperazine rings is 1. The number of hydrogen-bond donors (Lipinski definition) is 1. The van der Waals surface area contributed by atoms with Crippen molar-refractivity contribution in [2.75, 3.05) is 24.5 Å². The zero-order chi connectivity index (χ0) is 12.8. The Morgan fingerprint density at radius 3 is 2.83 bits per heavy atom. The molecule has 1 saturated heterocycles. The fourth-order valence-corrected chi connectivity index (χ4v) is 3.22. The fraction of sp³-hybridized carbons (Fsp3) is 0.600. The molecule has 0 bridgehead atoms. The molecule has 98 valence electrons. The predicted octanol–water partition coefficient (Wildman–Crippen LogP) is 2.71. The molecule has 1 aromatic rings. The minimum absolute atomic E-state index is 0.0879. The largest absolute Gasteiger partial charge is 0.366 e. The van der Waals surface area contributed by atoms with Crippen LogP contribution in [0.1, 0.15) is 25.3 Å². The first kappa shape index (κ1) is 12.0. The molecular weight excluding hydrogens is 227 g/mol. The lowest BCUT2D eigenvalue weighted by atomic mass is 9.92. The van der Waals surface area contributed by atoms with Crippen LogP contribution in [0.5, 0.6) is 0 Å². The van der Waals surface area contributed by atoms with Crippen molar-refractivity contribution < 1.29 is 4.39 Å². The summed E-state index contributed by atoms with van der Waals surface area (Å²) in [7, 11) is 0. The molecule has 0 spiro atoms.